The maximum Gasteiger partial charge on any atom is 0.405 e. The van der Waals surface area contributed by atoms with E-state index in [1.807, 2.05) is 0 Å². The molecular formula is C17H16ClF3N4O2. The summed E-state index contributed by atoms with van der Waals surface area (Å²) >= 11 is 5.68. The summed E-state index contributed by atoms with van der Waals surface area (Å²) in [6.45, 7) is 0.453. The Hall–Kier alpha value is -2.81. The number of alkyl halides is 3. The van der Waals surface area contributed by atoms with Gasteiger partial charge in [0.05, 0.1) is 0 Å². The fourth-order valence-electron chi connectivity index (χ4n) is 2.04. The largest absolute Gasteiger partial charge is 0.405 e. The Morgan fingerprint density at radius 2 is 1.89 bits per heavy atom. The molecular weight excluding hydrogens is 385 g/mol. The second kappa shape index (κ2) is 8.72. The minimum Gasteiger partial charge on any atom is -0.343 e. The molecule has 0 unspecified atom stereocenters. The van der Waals surface area contributed by atoms with Crippen LogP contribution in [0.4, 0.5) is 23.7 Å². The van der Waals surface area contributed by atoms with E-state index in [2.05, 4.69) is 15.6 Å². The first-order chi connectivity index (χ1) is 12.6. The molecule has 0 bridgehead atoms. The SMILES string of the molecule is Cc1ccc(C(=O)NCC(F)(F)F)cc1NC(=O)NCc1ccc(Cl)nc1. The molecule has 0 saturated heterocycles. The van der Waals surface area contributed by atoms with Gasteiger partial charge in [0.2, 0.25) is 0 Å². The van der Waals surface area contributed by atoms with Gasteiger partial charge in [-0.05, 0) is 36.2 Å². The summed E-state index contributed by atoms with van der Waals surface area (Å²) in [5, 5.41) is 7.28. The zero-order valence-corrected chi connectivity index (χ0v) is 14.9. The highest BCUT2D eigenvalue weighted by atomic mass is 35.5. The lowest BCUT2D eigenvalue weighted by molar-refractivity contribution is -0.123. The molecule has 2 aromatic rings. The number of aromatic nitrogens is 1. The standard InChI is InChI=1S/C17H16ClF3N4O2/c1-10-2-4-12(15(26)24-9-17(19,20)21)6-13(10)25-16(27)23-8-11-3-5-14(18)22-7-11/h2-7H,8-9H2,1H3,(H,24,26)(H2,23,25,27). The van der Waals surface area contributed by atoms with Gasteiger partial charge < -0.3 is 16.0 Å². The minimum absolute atomic E-state index is 0.00190. The van der Waals surface area contributed by atoms with Crippen LogP contribution in [0.15, 0.2) is 36.5 Å². The quantitative estimate of drug-likeness (QED) is 0.670. The number of benzene rings is 1. The Morgan fingerprint density at radius 3 is 2.52 bits per heavy atom. The van der Waals surface area contributed by atoms with Gasteiger partial charge in [-0.2, -0.15) is 13.2 Å². The van der Waals surface area contributed by atoms with Crippen molar-refractivity contribution in [2.45, 2.75) is 19.6 Å². The second-order valence-electron chi connectivity index (χ2n) is 5.62. The van der Waals surface area contributed by atoms with Crippen LogP contribution < -0.4 is 16.0 Å². The molecule has 3 amide bonds. The van der Waals surface area contributed by atoms with Crippen LogP contribution in [0.3, 0.4) is 0 Å². The molecule has 144 valence electrons. The number of carbonyl (C=O) groups excluding carboxylic acids is 2. The summed E-state index contributed by atoms with van der Waals surface area (Å²) in [4.78, 5) is 27.7. The zero-order valence-electron chi connectivity index (χ0n) is 14.2. The zero-order chi connectivity index (χ0) is 20.0. The van der Waals surface area contributed by atoms with E-state index in [0.29, 0.717) is 16.4 Å². The van der Waals surface area contributed by atoms with Gasteiger partial charge in [-0.15, -0.1) is 0 Å². The van der Waals surface area contributed by atoms with Crippen molar-refractivity contribution < 1.29 is 22.8 Å². The summed E-state index contributed by atoms with van der Waals surface area (Å²) in [6, 6.07) is 6.96. The van der Waals surface area contributed by atoms with E-state index in [9.17, 15) is 22.8 Å². The Bertz CT molecular complexity index is 826. The molecule has 1 aromatic carbocycles. The van der Waals surface area contributed by atoms with Crippen LogP contribution in [0.5, 0.6) is 0 Å². The molecule has 0 saturated carbocycles. The monoisotopic (exact) mass is 400 g/mol. The van der Waals surface area contributed by atoms with Gasteiger partial charge >= 0.3 is 12.2 Å². The minimum atomic E-state index is -4.50. The average molecular weight is 401 g/mol. The van der Waals surface area contributed by atoms with Gasteiger partial charge in [-0.3, -0.25) is 4.79 Å². The lowest BCUT2D eigenvalue weighted by Crippen LogP contribution is -2.33. The van der Waals surface area contributed by atoms with Gasteiger partial charge in [0.15, 0.2) is 0 Å². The number of nitrogens with zero attached hydrogens (tertiary/aromatic N) is 1. The third kappa shape index (κ3) is 6.78. The molecule has 2 rings (SSSR count). The molecule has 1 aromatic heterocycles. The van der Waals surface area contributed by atoms with E-state index in [1.165, 1.54) is 24.4 Å². The van der Waals surface area contributed by atoms with Crippen LogP contribution in [-0.4, -0.2) is 29.6 Å². The molecule has 0 radical (unpaired) electrons. The predicted molar refractivity (Wildman–Crippen MR) is 94.7 cm³/mol. The first-order valence-corrected chi connectivity index (χ1v) is 8.13. The van der Waals surface area contributed by atoms with Crippen LogP contribution in [0.1, 0.15) is 21.5 Å². The summed E-state index contributed by atoms with van der Waals surface area (Å²) in [5.41, 5.74) is 1.68. The second-order valence-corrected chi connectivity index (χ2v) is 6.01. The van der Waals surface area contributed by atoms with Crippen LogP contribution in [-0.2, 0) is 6.54 Å². The Morgan fingerprint density at radius 1 is 1.15 bits per heavy atom. The molecule has 0 aliphatic rings. The van der Waals surface area contributed by atoms with Gasteiger partial charge in [-0.25, -0.2) is 9.78 Å². The Labute approximate surface area is 158 Å². The third-order valence-electron chi connectivity index (χ3n) is 3.44. The van der Waals surface area contributed by atoms with Crippen LogP contribution in [0.25, 0.3) is 0 Å². The molecule has 6 nitrogen and oxygen atoms in total. The van der Waals surface area contributed by atoms with Crippen molar-refractivity contribution in [2.24, 2.45) is 0 Å². The average Bonchev–Trinajstić information content (AvgIpc) is 2.60. The van der Waals surface area contributed by atoms with E-state index in [4.69, 9.17) is 11.6 Å². The molecule has 3 N–H and O–H groups in total. The number of anilines is 1. The predicted octanol–water partition coefficient (Wildman–Crippen LogP) is 3.66. The molecule has 0 spiro atoms. The van der Waals surface area contributed by atoms with Crippen molar-refractivity contribution >= 4 is 29.2 Å². The smallest absolute Gasteiger partial charge is 0.343 e. The number of urea groups is 1. The number of aryl methyl sites for hydroxylation is 1. The van der Waals surface area contributed by atoms with E-state index < -0.39 is 24.7 Å². The molecule has 0 fully saturated rings. The Kier molecular flexibility index (Phi) is 6.62. The van der Waals surface area contributed by atoms with Crippen LogP contribution >= 0.6 is 11.6 Å². The molecule has 0 atom stereocenters. The maximum absolute atomic E-state index is 12.2. The van der Waals surface area contributed by atoms with Gasteiger partial charge in [-0.1, -0.05) is 23.7 Å². The summed E-state index contributed by atoms with van der Waals surface area (Å²) < 4.78 is 36.6. The lowest BCUT2D eigenvalue weighted by Gasteiger charge is -2.12. The van der Waals surface area contributed by atoms with Gasteiger partial charge in [0.25, 0.3) is 5.91 Å². The van der Waals surface area contributed by atoms with Crippen molar-refractivity contribution in [3.05, 3.63) is 58.4 Å². The third-order valence-corrected chi connectivity index (χ3v) is 3.66. The Balaban J connectivity index is 1.97. The molecule has 0 aliphatic carbocycles. The summed E-state index contributed by atoms with van der Waals surface area (Å²) in [6.07, 6.45) is -2.99. The number of pyridine rings is 1. The molecule has 10 heteroatoms. The number of amides is 3. The fourth-order valence-corrected chi connectivity index (χ4v) is 2.15. The molecule has 1 heterocycles. The number of carbonyl (C=O) groups is 2. The van der Waals surface area contributed by atoms with Crippen molar-refractivity contribution in [1.29, 1.82) is 0 Å². The van der Waals surface area contributed by atoms with E-state index >= 15 is 0 Å². The van der Waals surface area contributed by atoms with Crippen molar-refractivity contribution in [3.63, 3.8) is 0 Å². The first-order valence-electron chi connectivity index (χ1n) is 7.75. The summed E-state index contributed by atoms with van der Waals surface area (Å²) in [7, 11) is 0. The van der Waals surface area contributed by atoms with Crippen LogP contribution in [0.2, 0.25) is 5.15 Å². The lowest BCUT2D eigenvalue weighted by atomic mass is 10.1. The fraction of sp³-hybridized carbons (Fsp3) is 0.235. The highest BCUT2D eigenvalue weighted by Crippen LogP contribution is 2.18. The normalized spacial score (nSPS) is 11.0. The number of rotatable bonds is 5. The number of hydrogen-bond acceptors (Lipinski definition) is 3. The van der Waals surface area contributed by atoms with Crippen LogP contribution in [0, 0.1) is 6.92 Å². The topological polar surface area (TPSA) is 83.1 Å². The molecule has 0 aliphatic heterocycles. The summed E-state index contributed by atoms with van der Waals surface area (Å²) in [5.74, 6) is -0.886. The van der Waals surface area contributed by atoms with E-state index in [0.717, 1.165) is 5.56 Å². The molecule has 27 heavy (non-hydrogen) atoms. The number of hydrogen-bond donors (Lipinski definition) is 3. The number of nitrogens with one attached hydrogen (secondary N) is 3. The van der Waals surface area contributed by atoms with Crippen molar-refractivity contribution in [1.82, 2.24) is 15.6 Å². The van der Waals surface area contributed by atoms with Gasteiger partial charge in [0.1, 0.15) is 11.7 Å². The van der Waals surface area contributed by atoms with E-state index in [1.54, 1.807) is 24.4 Å². The highest BCUT2D eigenvalue weighted by Gasteiger charge is 2.28. The van der Waals surface area contributed by atoms with E-state index in [-0.39, 0.29) is 12.1 Å². The highest BCUT2D eigenvalue weighted by molar-refractivity contribution is 6.29. The van der Waals surface area contributed by atoms with Crippen molar-refractivity contribution in [2.75, 3.05) is 11.9 Å². The van der Waals surface area contributed by atoms with Crippen molar-refractivity contribution in [3.8, 4) is 0 Å². The maximum atomic E-state index is 12.2. The van der Waals surface area contributed by atoms with Gasteiger partial charge in [0, 0.05) is 24.0 Å². The number of halogens is 4. The first kappa shape index (κ1) is 20.5.